The van der Waals surface area contributed by atoms with E-state index in [4.69, 9.17) is 0 Å². The monoisotopic (exact) mass is 554 g/mol. The number of aromatic hydroxyl groups is 1. The van der Waals surface area contributed by atoms with Crippen LogP contribution in [0, 0.1) is 20.8 Å². The van der Waals surface area contributed by atoms with Crippen molar-refractivity contribution in [1.82, 2.24) is 4.98 Å². The van der Waals surface area contributed by atoms with Crippen LogP contribution in [0.3, 0.4) is 0 Å². The van der Waals surface area contributed by atoms with Crippen LogP contribution in [0.1, 0.15) is 16.7 Å². The van der Waals surface area contributed by atoms with Crippen molar-refractivity contribution in [2.75, 3.05) is 10.8 Å². The minimum Gasteiger partial charge on any atom is -0.493 e. The molecule has 1 heterocycles. The van der Waals surface area contributed by atoms with Gasteiger partial charge in [-0.1, -0.05) is 51.3 Å². The van der Waals surface area contributed by atoms with E-state index >= 15 is 0 Å². The number of rotatable bonds is 6. The molecule has 0 bridgehead atoms. The first-order valence-corrected chi connectivity index (χ1v) is 12.9. The predicted octanol–water partition coefficient (Wildman–Crippen LogP) is 6.07. The van der Waals surface area contributed by atoms with Crippen molar-refractivity contribution in [3.63, 3.8) is 0 Å². The summed E-state index contributed by atoms with van der Waals surface area (Å²) < 4.78 is 28.9. The molecule has 10 heteroatoms. The average Bonchev–Trinajstić information content (AvgIpc) is 3.11. The van der Waals surface area contributed by atoms with Crippen molar-refractivity contribution in [2.24, 2.45) is 10.2 Å². The lowest BCUT2D eigenvalue weighted by molar-refractivity contribution is -0.116. The molecule has 8 nitrogen and oxygen atoms in total. The SMILES string of the molecule is Cc1ccc(S(=O)(=O)N(CC(=O)N=Nc2c(O)[nH]c3ccc(Br)cc23)c2ccc(C)cc2C)cc1. The summed E-state index contributed by atoms with van der Waals surface area (Å²) in [6, 6.07) is 17.0. The average molecular weight is 555 g/mol. The van der Waals surface area contributed by atoms with E-state index < -0.39 is 22.5 Å². The topological polar surface area (TPSA) is 115 Å². The maximum absolute atomic E-state index is 13.6. The third kappa shape index (κ3) is 5.13. The molecular weight excluding hydrogens is 532 g/mol. The van der Waals surface area contributed by atoms with Crippen LogP contribution in [0.5, 0.6) is 5.88 Å². The van der Waals surface area contributed by atoms with Gasteiger partial charge in [0.25, 0.3) is 15.9 Å². The Bertz CT molecular complexity index is 1560. The molecule has 0 spiro atoms. The molecule has 180 valence electrons. The summed E-state index contributed by atoms with van der Waals surface area (Å²) in [5, 5.41) is 18.4. The fourth-order valence-corrected chi connectivity index (χ4v) is 5.56. The number of anilines is 1. The molecule has 0 fully saturated rings. The molecule has 0 saturated carbocycles. The van der Waals surface area contributed by atoms with Crippen molar-refractivity contribution in [1.29, 1.82) is 0 Å². The number of hydrogen-bond acceptors (Lipinski definition) is 5. The van der Waals surface area contributed by atoms with E-state index in [0.717, 1.165) is 19.9 Å². The van der Waals surface area contributed by atoms with Crippen LogP contribution in [0.15, 0.2) is 80.3 Å². The van der Waals surface area contributed by atoms with E-state index in [1.807, 2.05) is 19.9 Å². The fourth-order valence-electron chi connectivity index (χ4n) is 3.72. The summed E-state index contributed by atoms with van der Waals surface area (Å²) in [5.41, 5.74) is 3.66. The first-order chi connectivity index (χ1) is 16.6. The van der Waals surface area contributed by atoms with Crippen LogP contribution >= 0.6 is 15.9 Å². The van der Waals surface area contributed by atoms with Crippen LogP contribution in [0.25, 0.3) is 10.9 Å². The van der Waals surface area contributed by atoms with Gasteiger partial charge in [0.1, 0.15) is 6.54 Å². The van der Waals surface area contributed by atoms with Gasteiger partial charge < -0.3 is 10.1 Å². The van der Waals surface area contributed by atoms with Gasteiger partial charge in [0, 0.05) is 9.86 Å². The molecule has 35 heavy (non-hydrogen) atoms. The fraction of sp³-hybridized carbons (Fsp3) is 0.160. The summed E-state index contributed by atoms with van der Waals surface area (Å²) in [6.45, 7) is 4.99. The predicted molar refractivity (Wildman–Crippen MR) is 139 cm³/mol. The Labute approximate surface area is 211 Å². The van der Waals surface area contributed by atoms with E-state index in [0.29, 0.717) is 22.2 Å². The standard InChI is InChI=1S/C25H23BrN4O4S/c1-15-4-8-19(9-5-15)35(33,34)30(22-11-6-16(2)12-17(22)3)14-23(31)28-29-24-20-13-18(26)7-10-21(20)27-25(24)32/h4-13,27,32H,14H2,1-3H3. The number of azo groups is 1. The number of fused-ring (bicyclic) bond motifs is 1. The number of aromatic amines is 1. The molecule has 2 N–H and O–H groups in total. The maximum atomic E-state index is 13.6. The zero-order chi connectivity index (χ0) is 25.3. The second-order valence-electron chi connectivity index (χ2n) is 8.22. The van der Waals surface area contributed by atoms with Gasteiger partial charge in [0.15, 0.2) is 5.69 Å². The van der Waals surface area contributed by atoms with Gasteiger partial charge in [-0.3, -0.25) is 9.10 Å². The number of benzene rings is 3. The number of carbonyl (C=O) groups is 1. The van der Waals surface area contributed by atoms with Gasteiger partial charge >= 0.3 is 0 Å². The number of sulfonamides is 1. The van der Waals surface area contributed by atoms with Crippen molar-refractivity contribution >= 4 is 54.1 Å². The smallest absolute Gasteiger partial charge is 0.285 e. The Morgan fingerprint density at radius 1 is 1.00 bits per heavy atom. The van der Waals surface area contributed by atoms with Crippen LogP contribution in [-0.4, -0.2) is 31.0 Å². The van der Waals surface area contributed by atoms with Gasteiger partial charge in [0.2, 0.25) is 5.88 Å². The van der Waals surface area contributed by atoms with Crippen LogP contribution in [0.4, 0.5) is 11.4 Å². The molecular formula is C25H23BrN4O4S. The lowest BCUT2D eigenvalue weighted by Gasteiger charge is -2.25. The summed E-state index contributed by atoms with van der Waals surface area (Å²) in [5.74, 6) is -1.03. The van der Waals surface area contributed by atoms with E-state index in [2.05, 4.69) is 31.1 Å². The second-order valence-corrected chi connectivity index (χ2v) is 11.0. The molecule has 0 atom stereocenters. The highest BCUT2D eigenvalue weighted by molar-refractivity contribution is 9.10. The quantitative estimate of drug-likeness (QED) is 0.281. The number of H-pyrrole nitrogens is 1. The lowest BCUT2D eigenvalue weighted by Crippen LogP contribution is -2.35. The third-order valence-corrected chi connectivity index (χ3v) is 7.75. The third-order valence-electron chi connectivity index (χ3n) is 5.48. The minimum absolute atomic E-state index is 0.0620. The first kappa shape index (κ1) is 24.6. The van der Waals surface area contributed by atoms with Gasteiger partial charge in [-0.05, 0) is 62.7 Å². The maximum Gasteiger partial charge on any atom is 0.285 e. The van der Waals surface area contributed by atoms with E-state index in [1.54, 1.807) is 49.4 Å². The van der Waals surface area contributed by atoms with E-state index in [-0.39, 0.29) is 16.5 Å². The van der Waals surface area contributed by atoms with Gasteiger partial charge in [-0.2, -0.15) is 0 Å². The molecule has 0 aliphatic rings. The Balaban J connectivity index is 1.71. The minimum atomic E-state index is -4.07. The summed E-state index contributed by atoms with van der Waals surface area (Å²) in [6.07, 6.45) is 0. The van der Waals surface area contributed by atoms with E-state index in [1.165, 1.54) is 12.1 Å². The number of halogens is 1. The largest absolute Gasteiger partial charge is 0.493 e. The molecule has 0 aliphatic heterocycles. The van der Waals surface area contributed by atoms with Gasteiger partial charge in [-0.15, -0.1) is 10.2 Å². The van der Waals surface area contributed by atoms with Gasteiger partial charge in [0.05, 0.1) is 16.1 Å². The van der Waals surface area contributed by atoms with Crippen LogP contribution in [0.2, 0.25) is 0 Å². The normalized spacial score (nSPS) is 11.9. The number of carbonyl (C=O) groups excluding carboxylic acids is 1. The van der Waals surface area contributed by atoms with Crippen LogP contribution in [-0.2, 0) is 14.8 Å². The summed E-state index contributed by atoms with van der Waals surface area (Å²) >= 11 is 3.37. The Hall–Kier alpha value is -3.50. The highest BCUT2D eigenvalue weighted by Gasteiger charge is 2.28. The number of amides is 1. The molecule has 3 aromatic carbocycles. The Morgan fingerprint density at radius 2 is 1.69 bits per heavy atom. The summed E-state index contributed by atoms with van der Waals surface area (Å²) in [7, 11) is -4.07. The number of nitrogens with one attached hydrogen (secondary N) is 1. The molecule has 0 radical (unpaired) electrons. The van der Waals surface area contributed by atoms with E-state index in [9.17, 15) is 18.3 Å². The molecule has 0 saturated heterocycles. The Morgan fingerprint density at radius 3 is 2.37 bits per heavy atom. The molecule has 0 unspecified atom stereocenters. The van der Waals surface area contributed by atoms with Crippen molar-refractivity contribution < 1.29 is 18.3 Å². The van der Waals surface area contributed by atoms with Gasteiger partial charge in [-0.25, -0.2) is 8.42 Å². The van der Waals surface area contributed by atoms with Crippen molar-refractivity contribution in [3.8, 4) is 5.88 Å². The van der Waals surface area contributed by atoms with Crippen molar-refractivity contribution in [2.45, 2.75) is 25.7 Å². The Kier molecular flexibility index (Phi) is 6.77. The zero-order valence-corrected chi connectivity index (χ0v) is 21.7. The van der Waals surface area contributed by atoms with Crippen molar-refractivity contribution in [3.05, 3.63) is 81.8 Å². The highest BCUT2D eigenvalue weighted by atomic mass is 79.9. The molecule has 1 aromatic heterocycles. The summed E-state index contributed by atoms with van der Waals surface area (Å²) in [4.78, 5) is 15.7. The molecule has 4 aromatic rings. The number of aromatic nitrogens is 1. The lowest BCUT2D eigenvalue weighted by atomic mass is 10.1. The molecule has 4 rings (SSSR count). The zero-order valence-electron chi connectivity index (χ0n) is 19.3. The number of nitrogens with zero attached hydrogens (tertiary/aromatic N) is 3. The number of aryl methyl sites for hydroxylation is 3. The second kappa shape index (κ2) is 9.63. The first-order valence-electron chi connectivity index (χ1n) is 10.7. The highest BCUT2D eigenvalue weighted by Crippen LogP contribution is 2.37. The molecule has 1 amide bonds. The van der Waals surface area contributed by atoms with Crippen LogP contribution < -0.4 is 4.31 Å². The number of hydrogen-bond donors (Lipinski definition) is 2. The molecule has 0 aliphatic carbocycles.